The quantitative estimate of drug-likeness (QED) is 0.440. The molecule has 0 radical (unpaired) electrons. The number of nitrogens with one attached hydrogen (secondary N) is 2. The molecule has 39 heavy (non-hydrogen) atoms. The second kappa shape index (κ2) is 9.51. The number of ether oxygens (including phenoxy) is 3. The number of methoxy groups -OCH3 is 1. The van der Waals surface area contributed by atoms with Crippen LogP contribution in [0.4, 0.5) is 4.39 Å². The molecule has 3 aromatic rings. The normalized spacial score (nSPS) is 23.0. The summed E-state index contributed by atoms with van der Waals surface area (Å²) < 4.78 is 31.3. The third kappa shape index (κ3) is 4.43. The van der Waals surface area contributed by atoms with Gasteiger partial charge in [-0.1, -0.05) is 6.07 Å². The van der Waals surface area contributed by atoms with Gasteiger partial charge in [-0.3, -0.25) is 14.4 Å². The summed E-state index contributed by atoms with van der Waals surface area (Å²) in [5.74, 6) is -0.723. The first-order valence-corrected chi connectivity index (χ1v) is 12.9. The fourth-order valence-electron chi connectivity index (χ4n) is 5.95. The van der Waals surface area contributed by atoms with Gasteiger partial charge in [0.05, 0.1) is 18.7 Å². The van der Waals surface area contributed by atoms with Crippen LogP contribution in [0.15, 0.2) is 30.5 Å². The zero-order chi connectivity index (χ0) is 27.2. The van der Waals surface area contributed by atoms with E-state index in [4.69, 9.17) is 14.2 Å². The van der Waals surface area contributed by atoms with Gasteiger partial charge in [0.1, 0.15) is 11.4 Å². The minimum atomic E-state index is -0.744. The summed E-state index contributed by atoms with van der Waals surface area (Å²) in [4.78, 5) is 42.7. The Labute approximate surface area is 223 Å². The van der Waals surface area contributed by atoms with E-state index in [9.17, 15) is 18.8 Å². The van der Waals surface area contributed by atoms with Crippen LogP contribution in [0.5, 0.6) is 11.5 Å². The zero-order valence-electron chi connectivity index (χ0n) is 21.4. The van der Waals surface area contributed by atoms with Gasteiger partial charge in [-0.2, -0.15) is 5.10 Å². The predicted octanol–water partition coefficient (Wildman–Crippen LogP) is 2.77. The van der Waals surface area contributed by atoms with Crippen molar-refractivity contribution in [1.82, 2.24) is 25.2 Å². The highest BCUT2D eigenvalue weighted by molar-refractivity contribution is 5.98. The summed E-state index contributed by atoms with van der Waals surface area (Å²) in [7, 11) is 1.42. The van der Waals surface area contributed by atoms with Crippen molar-refractivity contribution in [2.75, 3.05) is 20.4 Å². The number of esters is 1. The average Bonchev–Trinajstić information content (AvgIpc) is 3.60. The molecule has 0 saturated heterocycles. The summed E-state index contributed by atoms with van der Waals surface area (Å²) in [5, 5.41) is 9.67. The van der Waals surface area contributed by atoms with E-state index in [0.717, 1.165) is 54.8 Å². The van der Waals surface area contributed by atoms with Crippen molar-refractivity contribution >= 4 is 23.4 Å². The van der Waals surface area contributed by atoms with Crippen LogP contribution in [-0.2, 0) is 16.1 Å². The van der Waals surface area contributed by atoms with Gasteiger partial charge in [0.2, 0.25) is 6.79 Å². The summed E-state index contributed by atoms with van der Waals surface area (Å²) in [6.07, 6.45) is 5.56. The van der Waals surface area contributed by atoms with Crippen LogP contribution in [0.2, 0.25) is 0 Å². The maximum atomic E-state index is 14.5. The van der Waals surface area contributed by atoms with Crippen molar-refractivity contribution in [1.29, 1.82) is 0 Å². The second-order valence-electron chi connectivity index (χ2n) is 10.6. The molecule has 12 heteroatoms. The lowest BCUT2D eigenvalue weighted by Gasteiger charge is -2.51. The predicted molar refractivity (Wildman–Crippen MR) is 134 cm³/mol. The molecule has 0 atom stereocenters. The van der Waals surface area contributed by atoms with E-state index < -0.39 is 23.0 Å². The Kier molecular flexibility index (Phi) is 6.12. The number of rotatable bonds is 7. The monoisotopic (exact) mass is 537 g/mol. The van der Waals surface area contributed by atoms with E-state index in [1.807, 2.05) is 0 Å². The minimum Gasteiger partial charge on any atom is -0.469 e. The highest BCUT2D eigenvalue weighted by Gasteiger charge is 2.53. The number of amides is 2. The lowest BCUT2D eigenvalue weighted by Crippen LogP contribution is -2.50. The lowest BCUT2D eigenvalue weighted by atomic mass is 9.53. The molecule has 3 saturated carbocycles. The number of aromatic nitrogens is 3. The van der Waals surface area contributed by atoms with Crippen molar-refractivity contribution in [3.8, 4) is 11.5 Å². The van der Waals surface area contributed by atoms with Crippen LogP contribution in [0.25, 0.3) is 5.65 Å². The van der Waals surface area contributed by atoms with E-state index in [0.29, 0.717) is 18.0 Å². The highest BCUT2D eigenvalue weighted by Crippen LogP contribution is 2.57. The second-order valence-corrected chi connectivity index (χ2v) is 10.6. The van der Waals surface area contributed by atoms with Crippen LogP contribution in [0, 0.1) is 16.6 Å². The number of carbonyl (C=O) groups is 3. The smallest absolute Gasteiger partial charge is 0.311 e. The first kappa shape index (κ1) is 25.1. The number of hydrogen-bond acceptors (Lipinski definition) is 8. The van der Waals surface area contributed by atoms with Crippen molar-refractivity contribution in [3.05, 3.63) is 53.2 Å². The van der Waals surface area contributed by atoms with Crippen molar-refractivity contribution < 1.29 is 33.0 Å². The van der Waals surface area contributed by atoms with E-state index >= 15 is 0 Å². The maximum Gasteiger partial charge on any atom is 0.311 e. The molecule has 0 unspecified atom stereocenters. The largest absolute Gasteiger partial charge is 0.469 e. The summed E-state index contributed by atoms with van der Waals surface area (Å²) >= 11 is 0. The highest BCUT2D eigenvalue weighted by atomic mass is 19.1. The third-order valence-electron chi connectivity index (χ3n) is 8.43. The summed E-state index contributed by atoms with van der Waals surface area (Å²) in [5.41, 5.74) is -0.0663. The van der Waals surface area contributed by atoms with Crippen LogP contribution >= 0.6 is 0 Å². The average molecular weight is 538 g/mol. The number of nitrogens with zero attached hydrogens (tertiary/aromatic N) is 3. The molecule has 204 valence electrons. The fraction of sp³-hybridized carbons (Fsp3) is 0.444. The number of benzene rings is 1. The minimum absolute atomic E-state index is 0.00376. The van der Waals surface area contributed by atoms with Crippen LogP contribution < -0.4 is 20.1 Å². The van der Waals surface area contributed by atoms with Crippen LogP contribution in [-0.4, -0.2) is 52.8 Å². The Balaban J connectivity index is 1.16. The van der Waals surface area contributed by atoms with Crippen LogP contribution in [0.3, 0.4) is 0 Å². The summed E-state index contributed by atoms with van der Waals surface area (Å²) in [6, 6.07) is 6.63. The lowest BCUT2D eigenvalue weighted by molar-refractivity contribution is -0.162. The number of fused-ring (bicyclic) bond motifs is 5. The number of halogens is 1. The van der Waals surface area contributed by atoms with E-state index in [-0.39, 0.29) is 41.8 Å². The Morgan fingerprint density at radius 1 is 1.03 bits per heavy atom. The maximum absolute atomic E-state index is 14.5. The first-order chi connectivity index (χ1) is 18.8. The van der Waals surface area contributed by atoms with Crippen LogP contribution in [0.1, 0.15) is 65.1 Å². The number of hydrogen-bond donors (Lipinski definition) is 2. The van der Waals surface area contributed by atoms with Gasteiger partial charge in [-0.15, -0.1) is 0 Å². The molecule has 3 aliphatic carbocycles. The Morgan fingerprint density at radius 3 is 2.51 bits per heavy atom. The van der Waals surface area contributed by atoms with Gasteiger partial charge in [0.15, 0.2) is 23.0 Å². The molecule has 3 fully saturated rings. The molecule has 7 rings (SSSR count). The molecule has 4 aliphatic rings. The van der Waals surface area contributed by atoms with E-state index in [2.05, 4.69) is 20.7 Å². The first-order valence-electron chi connectivity index (χ1n) is 12.9. The molecule has 1 aromatic carbocycles. The molecule has 11 nitrogen and oxygen atoms in total. The van der Waals surface area contributed by atoms with E-state index in [1.165, 1.54) is 13.2 Å². The fourth-order valence-corrected chi connectivity index (χ4v) is 5.95. The van der Waals surface area contributed by atoms with Gasteiger partial charge < -0.3 is 24.8 Å². The SMILES string of the molecule is COC(=O)C12CCC(CNC(=O)c3cc(C(=O)NCc4ccc5c(c4)OCO5)nc4c(F)cnn34)(CC1)CC2. The summed E-state index contributed by atoms with van der Waals surface area (Å²) in [6.45, 7) is 0.718. The molecule has 1 aliphatic heterocycles. The molecule has 2 amide bonds. The molecule has 3 heterocycles. The molecule has 2 N–H and O–H groups in total. The number of carbonyl (C=O) groups excluding carboxylic acids is 3. The third-order valence-corrected chi connectivity index (χ3v) is 8.43. The Morgan fingerprint density at radius 2 is 1.77 bits per heavy atom. The molecular weight excluding hydrogens is 509 g/mol. The van der Waals surface area contributed by atoms with Gasteiger partial charge in [-0.25, -0.2) is 13.9 Å². The Bertz CT molecular complexity index is 1460. The van der Waals surface area contributed by atoms with Crippen molar-refractivity contribution in [3.63, 3.8) is 0 Å². The van der Waals surface area contributed by atoms with Gasteiger partial charge >= 0.3 is 5.97 Å². The standard InChI is InChI=1S/C27H28FN5O6/c1-37-25(36)27-7-4-26(5-8-27,6-9-27)14-30-24(35)19-11-18(32-22-17(28)13-31-33(19)22)23(34)29-12-16-2-3-20-21(10-16)39-15-38-20/h2-3,10-11,13H,4-9,12,14-15H2,1H3,(H,29,34)(H,30,35). The van der Waals surface area contributed by atoms with Gasteiger partial charge in [-0.05, 0) is 61.6 Å². The molecular formula is C27H28FN5O6. The molecule has 0 spiro atoms. The molecule has 2 bridgehead atoms. The van der Waals surface area contributed by atoms with Crippen molar-refractivity contribution in [2.24, 2.45) is 10.8 Å². The van der Waals surface area contributed by atoms with E-state index in [1.54, 1.807) is 18.2 Å². The topological polar surface area (TPSA) is 133 Å². The zero-order valence-corrected chi connectivity index (χ0v) is 21.4. The van der Waals surface area contributed by atoms with Crippen molar-refractivity contribution in [2.45, 2.75) is 45.1 Å². The van der Waals surface area contributed by atoms with Gasteiger partial charge in [0.25, 0.3) is 11.8 Å². The Hall–Kier alpha value is -4.22. The molecule has 2 aromatic heterocycles. The van der Waals surface area contributed by atoms with Gasteiger partial charge in [0, 0.05) is 19.2 Å².